The van der Waals surface area contributed by atoms with Gasteiger partial charge in [0.15, 0.2) is 9.84 Å². The zero-order chi connectivity index (χ0) is 21.0. The van der Waals surface area contributed by atoms with Crippen LogP contribution in [0.25, 0.3) is 0 Å². The van der Waals surface area contributed by atoms with Crippen molar-refractivity contribution in [1.29, 1.82) is 0 Å². The van der Waals surface area contributed by atoms with Crippen LogP contribution in [0.2, 0.25) is 0 Å². The minimum Gasteiger partial charge on any atom is -0.339 e. The van der Waals surface area contributed by atoms with E-state index in [1.807, 2.05) is 48.5 Å². The lowest BCUT2D eigenvalue weighted by Crippen LogP contribution is -2.77. The Labute approximate surface area is 176 Å². The van der Waals surface area contributed by atoms with Gasteiger partial charge in [-0.1, -0.05) is 42.5 Å². The molecular formula is C23H24N3O3S+. The molecule has 1 heterocycles. The highest BCUT2D eigenvalue weighted by molar-refractivity contribution is 7.90. The number of anilines is 1. The van der Waals surface area contributed by atoms with Crippen molar-refractivity contribution in [3.05, 3.63) is 95.1 Å². The van der Waals surface area contributed by atoms with Gasteiger partial charge in [-0.25, -0.2) is 13.2 Å². The average molecular weight is 423 g/mol. The van der Waals surface area contributed by atoms with Gasteiger partial charge in [0.05, 0.1) is 10.6 Å². The number of nitrogens with two attached hydrogens (primary N) is 1. The molecule has 0 saturated carbocycles. The second-order valence-electron chi connectivity index (χ2n) is 7.38. The van der Waals surface area contributed by atoms with Gasteiger partial charge >= 0.3 is 6.03 Å². The lowest BCUT2D eigenvalue weighted by atomic mass is 10.1. The maximum Gasteiger partial charge on any atom is 0.319 e. The fourth-order valence-electron chi connectivity index (χ4n) is 3.54. The molecule has 30 heavy (non-hydrogen) atoms. The molecule has 0 bridgehead atoms. The summed E-state index contributed by atoms with van der Waals surface area (Å²) in [6, 6.07) is 21.4. The normalized spacial score (nSPS) is 12.9. The van der Waals surface area contributed by atoms with Crippen LogP contribution < -0.4 is 16.0 Å². The quantitative estimate of drug-likeness (QED) is 0.570. The molecule has 154 valence electrons. The van der Waals surface area contributed by atoms with Crippen LogP contribution in [0.4, 0.5) is 10.5 Å². The SMILES string of the molecule is O=C(NCc1ccccc1)Nc1ccc(S(=O)(=O)Cc2ccc3c(c2)C[NH2+]C3)cc1. The number of quaternary nitrogens is 1. The van der Waals surface area contributed by atoms with E-state index in [1.165, 1.54) is 23.3 Å². The maximum absolute atomic E-state index is 12.8. The Morgan fingerprint density at radius 2 is 1.60 bits per heavy atom. The van der Waals surface area contributed by atoms with Gasteiger partial charge in [-0.05, 0) is 41.5 Å². The van der Waals surface area contributed by atoms with Crippen molar-refractivity contribution in [3.63, 3.8) is 0 Å². The summed E-state index contributed by atoms with van der Waals surface area (Å²) < 4.78 is 25.6. The molecule has 3 aromatic carbocycles. The highest BCUT2D eigenvalue weighted by Gasteiger charge is 2.19. The highest BCUT2D eigenvalue weighted by Crippen LogP contribution is 2.21. The molecule has 0 spiro atoms. The summed E-state index contributed by atoms with van der Waals surface area (Å²) in [5, 5.41) is 7.69. The number of rotatable bonds is 6. The topological polar surface area (TPSA) is 91.9 Å². The van der Waals surface area contributed by atoms with E-state index < -0.39 is 9.84 Å². The number of benzene rings is 3. The zero-order valence-electron chi connectivity index (χ0n) is 16.5. The van der Waals surface area contributed by atoms with Crippen molar-refractivity contribution in [1.82, 2.24) is 5.32 Å². The summed E-state index contributed by atoms with van der Waals surface area (Å²) in [6.07, 6.45) is 0. The van der Waals surface area contributed by atoms with Crippen molar-refractivity contribution < 1.29 is 18.5 Å². The van der Waals surface area contributed by atoms with Crippen molar-refractivity contribution in [3.8, 4) is 0 Å². The minimum atomic E-state index is -3.46. The molecule has 0 fully saturated rings. The molecule has 6 nitrogen and oxygen atoms in total. The predicted molar refractivity (Wildman–Crippen MR) is 115 cm³/mol. The van der Waals surface area contributed by atoms with E-state index >= 15 is 0 Å². The molecule has 4 rings (SSSR count). The van der Waals surface area contributed by atoms with E-state index in [9.17, 15) is 13.2 Å². The summed E-state index contributed by atoms with van der Waals surface area (Å²) >= 11 is 0. The van der Waals surface area contributed by atoms with Gasteiger partial charge < -0.3 is 16.0 Å². The smallest absolute Gasteiger partial charge is 0.319 e. The van der Waals surface area contributed by atoms with Crippen molar-refractivity contribution in [2.45, 2.75) is 30.3 Å². The standard InChI is InChI=1S/C23H23N3O3S/c27-23(25-13-17-4-2-1-3-5-17)26-21-8-10-22(11-9-21)30(28,29)16-18-6-7-19-14-24-15-20(19)12-18/h1-12,24H,13-16H2,(H2,25,26,27)/p+1. The largest absolute Gasteiger partial charge is 0.339 e. The fourth-order valence-corrected chi connectivity index (χ4v) is 4.88. The van der Waals surface area contributed by atoms with E-state index in [4.69, 9.17) is 0 Å². The number of fused-ring (bicyclic) bond motifs is 1. The van der Waals surface area contributed by atoms with E-state index in [1.54, 1.807) is 12.1 Å². The average Bonchev–Trinajstić information content (AvgIpc) is 3.21. The lowest BCUT2D eigenvalue weighted by molar-refractivity contribution is -0.676. The molecular weight excluding hydrogens is 398 g/mol. The molecule has 4 N–H and O–H groups in total. The Morgan fingerprint density at radius 3 is 2.37 bits per heavy atom. The van der Waals surface area contributed by atoms with Crippen LogP contribution in [0.5, 0.6) is 0 Å². The summed E-state index contributed by atoms with van der Waals surface area (Å²) in [4.78, 5) is 12.3. The van der Waals surface area contributed by atoms with Crippen molar-refractivity contribution in [2.24, 2.45) is 0 Å². The summed E-state index contributed by atoms with van der Waals surface area (Å²) in [7, 11) is -3.46. The molecule has 1 aliphatic heterocycles. The number of carbonyl (C=O) groups excluding carboxylic acids is 1. The van der Waals surface area contributed by atoms with Gasteiger partial charge in [0.25, 0.3) is 0 Å². The second kappa shape index (κ2) is 8.69. The Balaban J connectivity index is 1.36. The van der Waals surface area contributed by atoms with Gasteiger partial charge in [0.1, 0.15) is 13.1 Å². The Kier molecular flexibility index (Phi) is 5.83. The number of amides is 2. The van der Waals surface area contributed by atoms with E-state index in [-0.39, 0.29) is 16.7 Å². The third-order valence-electron chi connectivity index (χ3n) is 5.12. The maximum atomic E-state index is 12.8. The van der Waals surface area contributed by atoms with Crippen molar-refractivity contribution >= 4 is 21.6 Å². The molecule has 0 aromatic heterocycles. The van der Waals surface area contributed by atoms with Crippen LogP contribution in [-0.2, 0) is 35.2 Å². The molecule has 0 aliphatic carbocycles. The molecule has 2 amide bonds. The zero-order valence-corrected chi connectivity index (χ0v) is 17.3. The second-order valence-corrected chi connectivity index (χ2v) is 9.37. The van der Waals surface area contributed by atoms with Crippen LogP contribution in [0.3, 0.4) is 0 Å². The van der Waals surface area contributed by atoms with Gasteiger partial charge in [-0.2, -0.15) is 0 Å². The molecule has 0 unspecified atom stereocenters. The Bertz CT molecular complexity index is 1140. The third kappa shape index (κ3) is 4.87. The summed E-state index contributed by atoms with van der Waals surface area (Å²) in [6.45, 7) is 2.27. The van der Waals surface area contributed by atoms with Gasteiger partial charge in [-0.15, -0.1) is 0 Å². The predicted octanol–water partition coefficient (Wildman–Crippen LogP) is 2.56. The molecule has 0 atom stereocenters. The molecule has 7 heteroatoms. The number of hydrogen-bond donors (Lipinski definition) is 3. The van der Waals surface area contributed by atoms with E-state index in [0.717, 1.165) is 24.2 Å². The molecule has 0 saturated heterocycles. The van der Waals surface area contributed by atoms with Crippen LogP contribution in [-0.4, -0.2) is 14.4 Å². The van der Waals surface area contributed by atoms with Crippen LogP contribution in [0.15, 0.2) is 77.7 Å². The first-order valence-electron chi connectivity index (χ1n) is 9.83. The van der Waals surface area contributed by atoms with E-state index in [2.05, 4.69) is 16.0 Å². The van der Waals surface area contributed by atoms with Crippen LogP contribution >= 0.6 is 0 Å². The fraction of sp³-hybridized carbons (Fsp3) is 0.174. The van der Waals surface area contributed by atoms with Gasteiger partial charge in [-0.3, -0.25) is 0 Å². The molecule has 3 aromatic rings. The minimum absolute atomic E-state index is 0.0371. The first-order chi connectivity index (χ1) is 14.5. The van der Waals surface area contributed by atoms with Crippen LogP contribution in [0.1, 0.15) is 22.3 Å². The van der Waals surface area contributed by atoms with E-state index in [0.29, 0.717) is 12.2 Å². The highest BCUT2D eigenvalue weighted by atomic mass is 32.2. The van der Waals surface area contributed by atoms with Gasteiger partial charge in [0.2, 0.25) is 0 Å². The Hall–Kier alpha value is -3.16. The summed E-state index contributed by atoms with van der Waals surface area (Å²) in [5.41, 5.74) is 4.82. The number of nitrogens with one attached hydrogen (secondary N) is 2. The number of hydrogen-bond acceptors (Lipinski definition) is 3. The number of carbonyl (C=O) groups is 1. The summed E-state index contributed by atoms with van der Waals surface area (Å²) in [5.74, 6) is -0.0371. The number of sulfone groups is 1. The molecule has 0 radical (unpaired) electrons. The monoisotopic (exact) mass is 422 g/mol. The number of urea groups is 1. The van der Waals surface area contributed by atoms with Gasteiger partial charge in [0, 0.05) is 23.4 Å². The third-order valence-corrected chi connectivity index (χ3v) is 6.83. The molecule has 1 aliphatic rings. The first-order valence-corrected chi connectivity index (χ1v) is 11.5. The van der Waals surface area contributed by atoms with Crippen LogP contribution in [0, 0.1) is 0 Å². The lowest BCUT2D eigenvalue weighted by Gasteiger charge is -2.09. The Morgan fingerprint density at radius 1 is 0.867 bits per heavy atom. The van der Waals surface area contributed by atoms with Crippen molar-refractivity contribution in [2.75, 3.05) is 5.32 Å². The first kappa shape index (κ1) is 20.1.